The summed E-state index contributed by atoms with van der Waals surface area (Å²) in [4.78, 5) is 0.316. The van der Waals surface area contributed by atoms with Crippen LogP contribution in [0.4, 0.5) is 0 Å². The second-order valence-corrected chi connectivity index (χ2v) is 7.01. The van der Waals surface area contributed by atoms with Gasteiger partial charge >= 0.3 is 0 Å². The second kappa shape index (κ2) is 7.59. The van der Waals surface area contributed by atoms with Crippen molar-refractivity contribution in [2.75, 3.05) is 6.61 Å². The van der Waals surface area contributed by atoms with E-state index in [0.717, 1.165) is 6.42 Å². The van der Waals surface area contributed by atoms with Crippen molar-refractivity contribution < 1.29 is 10.2 Å². The Hall–Kier alpha value is 0.197. The molecule has 0 spiro atoms. The minimum Gasteiger partial charge on any atom is -0.518 e. The number of unbranched alkanes of at least 4 members (excludes halogenated alkanes) is 1. The Morgan fingerprint density at radius 1 is 1.54 bits per heavy atom. The molecule has 0 aromatic rings. The number of hydrogen-bond acceptors (Lipinski definition) is 3. The molecule has 4 heteroatoms. The van der Waals surface area contributed by atoms with Gasteiger partial charge in [0, 0.05) is 17.9 Å². The van der Waals surface area contributed by atoms with E-state index in [1.165, 1.54) is 12.8 Å². The van der Waals surface area contributed by atoms with E-state index >= 15 is 0 Å². The molecule has 0 saturated heterocycles. The first kappa shape index (κ1) is 13.2. The zero-order chi connectivity index (χ0) is 10.3. The second-order valence-electron chi connectivity index (χ2n) is 3.26. The van der Waals surface area contributed by atoms with Gasteiger partial charge in [-0.05, 0) is 6.42 Å². The van der Waals surface area contributed by atoms with E-state index in [1.54, 1.807) is 0 Å². The molecule has 0 bridgehead atoms. The third-order valence-corrected chi connectivity index (χ3v) is 6.00. The highest BCUT2D eigenvalue weighted by atomic mass is 32.1. The van der Waals surface area contributed by atoms with Crippen LogP contribution in [0.25, 0.3) is 0 Å². The molecule has 13 heavy (non-hydrogen) atoms. The molecule has 0 amide bonds. The minimum atomic E-state index is -0.904. The number of hydrogen-bond donors (Lipinski definition) is 3. The molecule has 0 aliphatic heterocycles. The first-order valence-corrected chi connectivity index (χ1v) is 7.40. The molecule has 0 aromatic heterocycles. The smallest absolute Gasteiger partial charge is 0.0699 e. The van der Waals surface area contributed by atoms with Gasteiger partial charge in [-0.15, -0.1) is 0 Å². The molecule has 0 heterocycles. The van der Waals surface area contributed by atoms with Gasteiger partial charge in [-0.25, -0.2) is 0 Å². The van der Waals surface area contributed by atoms with Gasteiger partial charge in [0.1, 0.15) is 0 Å². The summed E-state index contributed by atoms with van der Waals surface area (Å²) >= 11 is 4.47. The average molecular weight is 220 g/mol. The van der Waals surface area contributed by atoms with Crippen LogP contribution in [0.3, 0.4) is 0 Å². The van der Waals surface area contributed by atoms with Gasteiger partial charge in [-0.3, -0.25) is 0 Å². The first-order valence-electron chi connectivity index (χ1n) is 4.81. The predicted octanol–water partition coefficient (Wildman–Crippen LogP) is 1.61. The lowest BCUT2D eigenvalue weighted by molar-refractivity contribution is 0.300. The van der Waals surface area contributed by atoms with E-state index in [-0.39, 0.29) is 6.61 Å². The standard InChI is InChI=1S/C9H20O2SSi/c1-3-4-5-9(12)13(2)8(11)6-7-10/h9-12H,3-7H2,1-2H3/b13-8-. The number of aliphatic hydroxyl groups excluding tert-OH is 2. The van der Waals surface area contributed by atoms with Crippen molar-refractivity contribution in [2.45, 2.75) is 44.0 Å². The highest BCUT2D eigenvalue weighted by Crippen LogP contribution is 2.08. The molecule has 0 fully saturated rings. The molecule has 0 saturated carbocycles. The fourth-order valence-corrected chi connectivity index (χ4v) is 3.27. The molecular formula is C9H20O2SSi. The molecule has 0 aliphatic carbocycles. The summed E-state index contributed by atoms with van der Waals surface area (Å²) in [6.45, 7) is 4.25. The van der Waals surface area contributed by atoms with Crippen LogP contribution in [-0.2, 0) is 0 Å². The highest BCUT2D eigenvalue weighted by Gasteiger charge is 2.10. The fraction of sp³-hybridized carbons (Fsp3) is 0.889. The van der Waals surface area contributed by atoms with Gasteiger partial charge in [-0.2, -0.15) is 12.6 Å². The largest absolute Gasteiger partial charge is 0.518 e. The lowest BCUT2D eigenvalue weighted by Gasteiger charge is -2.11. The maximum Gasteiger partial charge on any atom is 0.0699 e. The lowest BCUT2D eigenvalue weighted by Crippen LogP contribution is -2.24. The quantitative estimate of drug-likeness (QED) is 0.470. The van der Waals surface area contributed by atoms with Crippen LogP contribution < -0.4 is 0 Å². The molecule has 0 aliphatic rings. The van der Waals surface area contributed by atoms with Gasteiger partial charge in [0.25, 0.3) is 0 Å². The van der Waals surface area contributed by atoms with Crippen molar-refractivity contribution in [3.63, 3.8) is 0 Å². The van der Waals surface area contributed by atoms with Gasteiger partial charge in [0.05, 0.1) is 13.8 Å². The number of thiol groups is 1. The topological polar surface area (TPSA) is 40.5 Å². The molecule has 1 unspecified atom stereocenters. The number of aliphatic hydroxyl groups is 2. The van der Waals surface area contributed by atoms with Crippen LogP contribution in [0.2, 0.25) is 6.55 Å². The normalized spacial score (nSPS) is 15.4. The van der Waals surface area contributed by atoms with Gasteiger partial charge in [0.2, 0.25) is 0 Å². The third kappa shape index (κ3) is 5.49. The number of rotatable bonds is 6. The van der Waals surface area contributed by atoms with Gasteiger partial charge in [-0.1, -0.05) is 26.3 Å². The van der Waals surface area contributed by atoms with E-state index < -0.39 is 8.41 Å². The molecular weight excluding hydrogens is 200 g/mol. The highest BCUT2D eigenvalue weighted by molar-refractivity contribution is 7.82. The Kier molecular flexibility index (Phi) is 7.70. The van der Waals surface area contributed by atoms with E-state index in [2.05, 4.69) is 26.1 Å². The van der Waals surface area contributed by atoms with Crippen LogP contribution in [0.1, 0.15) is 32.6 Å². The van der Waals surface area contributed by atoms with Crippen molar-refractivity contribution in [2.24, 2.45) is 0 Å². The third-order valence-electron chi connectivity index (χ3n) is 2.13. The van der Waals surface area contributed by atoms with Crippen LogP contribution >= 0.6 is 12.6 Å². The van der Waals surface area contributed by atoms with Crippen molar-refractivity contribution in [3.8, 4) is 0 Å². The maximum atomic E-state index is 9.54. The van der Waals surface area contributed by atoms with Crippen molar-refractivity contribution in [3.05, 3.63) is 0 Å². The Balaban J connectivity index is 4.04. The molecule has 78 valence electrons. The Labute approximate surface area is 87.6 Å². The zero-order valence-corrected chi connectivity index (χ0v) is 10.3. The van der Waals surface area contributed by atoms with Crippen molar-refractivity contribution >= 4 is 26.4 Å². The summed E-state index contributed by atoms with van der Waals surface area (Å²) in [5.74, 6) is 0. The molecule has 0 rings (SSSR count). The molecule has 0 aromatic carbocycles. The monoisotopic (exact) mass is 220 g/mol. The van der Waals surface area contributed by atoms with Crippen molar-refractivity contribution in [1.29, 1.82) is 0 Å². The molecule has 0 radical (unpaired) electrons. The zero-order valence-electron chi connectivity index (χ0n) is 8.45. The minimum absolute atomic E-state index is 0.0438. The van der Waals surface area contributed by atoms with Gasteiger partial charge in [0.15, 0.2) is 0 Å². The predicted molar refractivity (Wildman–Crippen MR) is 62.6 cm³/mol. The molecule has 2 nitrogen and oxygen atoms in total. The van der Waals surface area contributed by atoms with Crippen LogP contribution in [0.5, 0.6) is 0 Å². The molecule has 2 N–H and O–H groups in total. The van der Waals surface area contributed by atoms with Crippen LogP contribution in [0, 0.1) is 0 Å². The lowest BCUT2D eigenvalue weighted by atomic mass is 10.3. The van der Waals surface area contributed by atoms with E-state index in [1.807, 2.05) is 0 Å². The van der Waals surface area contributed by atoms with E-state index in [4.69, 9.17) is 5.11 Å². The van der Waals surface area contributed by atoms with E-state index in [0.29, 0.717) is 16.6 Å². The summed E-state index contributed by atoms with van der Waals surface area (Å²) in [6.07, 6.45) is 3.84. The SMILES string of the molecule is CCCCC(S)/[Si](C)=C(\O)CCO. The Morgan fingerprint density at radius 3 is 2.62 bits per heavy atom. The summed E-state index contributed by atoms with van der Waals surface area (Å²) in [5.41, 5.74) is 0. The summed E-state index contributed by atoms with van der Waals surface area (Å²) < 4.78 is 0. The summed E-state index contributed by atoms with van der Waals surface area (Å²) in [7, 11) is -0.904. The molecule has 1 atom stereocenters. The average Bonchev–Trinajstić information content (AvgIpc) is 2.13. The van der Waals surface area contributed by atoms with E-state index in [9.17, 15) is 5.11 Å². The summed E-state index contributed by atoms with van der Waals surface area (Å²) in [6, 6.07) is 0. The fourth-order valence-electron chi connectivity index (χ4n) is 1.11. The summed E-state index contributed by atoms with van der Waals surface area (Å²) in [5, 5.41) is 18.7. The van der Waals surface area contributed by atoms with Crippen LogP contribution in [-0.4, -0.2) is 35.5 Å². The first-order chi connectivity index (χ1) is 6.13. The Morgan fingerprint density at radius 2 is 2.15 bits per heavy atom. The van der Waals surface area contributed by atoms with Crippen molar-refractivity contribution in [1.82, 2.24) is 0 Å². The van der Waals surface area contributed by atoms with Gasteiger partial charge < -0.3 is 10.2 Å². The Bertz CT molecular complexity index is 171. The maximum absolute atomic E-state index is 9.54. The van der Waals surface area contributed by atoms with Crippen LogP contribution in [0.15, 0.2) is 0 Å².